The van der Waals surface area contributed by atoms with E-state index in [9.17, 15) is 4.39 Å². The highest BCUT2D eigenvalue weighted by Crippen LogP contribution is 2.23. The van der Waals surface area contributed by atoms with Crippen molar-refractivity contribution in [3.63, 3.8) is 0 Å². The van der Waals surface area contributed by atoms with Crippen molar-refractivity contribution in [3.8, 4) is 0 Å². The zero-order chi connectivity index (χ0) is 12.4. The van der Waals surface area contributed by atoms with E-state index in [1.54, 1.807) is 18.3 Å². The Morgan fingerprint density at radius 3 is 2.71 bits per heavy atom. The predicted octanol–water partition coefficient (Wildman–Crippen LogP) is 2.89. The van der Waals surface area contributed by atoms with Crippen molar-refractivity contribution in [1.82, 2.24) is 4.98 Å². The molecule has 2 nitrogen and oxygen atoms in total. The summed E-state index contributed by atoms with van der Waals surface area (Å²) in [6, 6.07) is 8.21. The van der Waals surface area contributed by atoms with Gasteiger partial charge in [0, 0.05) is 11.8 Å². The van der Waals surface area contributed by atoms with E-state index in [-0.39, 0.29) is 5.82 Å². The number of nitrogens with zero attached hydrogens (tertiary/aromatic N) is 1. The molecule has 3 heteroatoms. The summed E-state index contributed by atoms with van der Waals surface area (Å²) in [7, 11) is 0. The van der Waals surface area contributed by atoms with Crippen LogP contribution in [0.25, 0.3) is 0 Å². The molecule has 2 aromatic rings. The van der Waals surface area contributed by atoms with Gasteiger partial charge in [-0.1, -0.05) is 23.8 Å². The first-order valence-electron chi connectivity index (χ1n) is 5.52. The van der Waals surface area contributed by atoms with Crippen molar-refractivity contribution < 1.29 is 4.39 Å². The number of pyridine rings is 1. The molecule has 0 fully saturated rings. The van der Waals surface area contributed by atoms with Gasteiger partial charge in [0.15, 0.2) is 0 Å². The minimum Gasteiger partial charge on any atom is -0.319 e. The van der Waals surface area contributed by atoms with Gasteiger partial charge in [-0.3, -0.25) is 4.98 Å². The van der Waals surface area contributed by atoms with Crippen molar-refractivity contribution in [1.29, 1.82) is 0 Å². The molecule has 1 aromatic carbocycles. The number of benzene rings is 1. The van der Waals surface area contributed by atoms with Gasteiger partial charge < -0.3 is 5.73 Å². The third-order valence-corrected chi connectivity index (χ3v) is 2.83. The SMILES string of the molecule is Cc1ccc(F)c(C(N)c2ncccc2C)c1. The van der Waals surface area contributed by atoms with Crippen molar-refractivity contribution >= 4 is 0 Å². The molecule has 0 amide bonds. The molecule has 1 aromatic heterocycles. The lowest BCUT2D eigenvalue weighted by molar-refractivity contribution is 0.596. The smallest absolute Gasteiger partial charge is 0.128 e. The summed E-state index contributed by atoms with van der Waals surface area (Å²) in [6.45, 7) is 3.84. The molecule has 0 bridgehead atoms. The molecule has 17 heavy (non-hydrogen) atoms. The summed E-state index contributed by atoms with van der Waals surface area (Å²) in [5.41, 5.74) is 9.26. The molecule has 1 unspecified atom stereocenters. The number of hydrogen-bond donors (Lipinski definition) is 1. The van der Waals surface area contributed by atoms with E-state index in [1.807, 2.05) is 26.0 Å². The summed E-state index contributed by atoms with van der Waals surface area (Å²) in [5, 5.41) is 0. The van der Waals surface area contributed by atoms with E-state index in [1.165, 1.54) is 6.07 Å². The van der Waals surface area contributed by atoms with Gasteiger partial charge >= 0.3 is 0 Å². The van der Waals surface area contributed by atoms with E-state index in [0.29, 0.717) is 5.56 Å². The summed E-state index contributed by atoms with van der Waals surface area (Å²) >= 11 is 0. The largest absolute Gasteiger partial charge is 0.319 e. The Morgan fingerprint density at radius 2 is 2.00 bits per heavy atom. The second-order valence-corrected chi connectivity index (χ2v) is 4.21. The van der Waals surface area contributed by atoms with Gasteiger partial charge in [-0.15, -0.1) is 0 Å². The van der Waals surface area contributed by atoms with Crippen LogP contribution < -0.4 is 5.73 Å². The van der Waals surface area contributed by atoms with E-state index in [0.717, 1.165) is 16.8 Å². The molecule has 2 rings (SSSR count). The molecule has 2 N–H and O–H groups in total. The Hall–Kier alpha value is -1.74. The normalized spacial score (nSPS) is 12.5. The van der Waals surface area contributed by atoms with E-state index < -0.39 is 6.04 Å². The Labute approximate surface area is 100 Å². The monoisotopic (exact) mass is 230 g/mol. The maximum atomic E-state index is 13.7. The summed E-state index contributed by atoms with van der Waals surface area (Å²) in [6.07, 6.45) is 1.68. The minimum absolute atomic E-state index is 0.284. The molecule has 88 valence electrons. The van der Waals surface area contributed by atoms with E-state index in [2.05, 4.69) is 4.98 Å². The second-order valence-electron chi connectivity index (χ2n) is 4.21. The van der Waals surface area contributed by atoms with Crippen molar-refractivity contribution in [3.05, 3.63) is 64.7 Å². The lowest BCUT2D eigenvalue weighted by Crippen LogP contribution is -2.16. The van der Waals surface area contributed by atoms with Crippen LogP contribution in [0.5, 0.6) is 0 Å². The molecule has 0 aliphatic rings. The van der Waals surface area contributed by atoms with Crippen molar-refractivity contribution in [2.45, 2.75) is 19.9 Å². The Bertz CT molecular complexity index is 537. The molecule has 1 atom stereocenters. The predicted molar refractivity (Wildman–Crippen MR) is 66.1 cm³/mol. The standard InChI is InChI=1S/C14H15FN2/c1-9-5-6-12(15)11(8-9)13(16)14-10(2)4-3-7-17-14/h3-8,13H,16H2,1-2H3. The average Bonchev–Trinajstić information content (AvgIpc) is 2.32. The highest BCUT2D eigenvalue weighted by atomic mass is 19.1. The second kappa shape index (κ2) is 4.63. The quantitative estimate of drug-likeness (QED) is 0.861. The fraction of sp³-hybridized carbons (Fsp3) is 0.214. The molecule has 0 aliphatic heterocycles. The first-order valence-corrected chi connectivity index (χ1v) is 5.52. The van der Waals surface area contributed by atoms with Crippen LogP contribution in [-0.4, -0.2) is 4.98 Å². The van der Waals surface area contributed by atoms with Crippen LogP contribution in [0, 0.1) is 19.7 Å². The maximum Gasteiger partial charge on any atom is 0.128 e. The number of aromatic nitrogens is 1. The molecule has 0 saturated heterocycles. The summed E-state index contributed by atoms with van der Waals surface area (Å²) in [4.78, 5) is 4.23. The van der Waals surface area contributed by atoms with Crippen molar-refractivity contribution in [2.24, 2.45) is 5.73 Å². The average molecular weight is 230 g/mol. The van der Waals surface area contributed by atoms with E-state index in [4.69, 9.17) is 5.73 Å². The third kappa shape index (κ3) is 2.34. The van der Waals surface area contributed by atoms with Crippen LogP contribution >= 0.6 is 0 Å². The lowest BCUT2D eigenvalue weighted by atomic mass is 9.99. The molecule has 0 aliphatic carbocycles. The Balaban J connectivity index is 2.47. The van der Waals surface area contributed by atoms with E-state index >= 15 is 0 Å². The first-order chi connectivity index (χ1) is 8.09. The minimum atomic E-state index is -0.518. The summed E-state index contributed by atoms with van der Waals surface area (Å²) in [5.74, 6) is -0.284. The number of aryl methyl sites for hydroxylation is 2. The molecular weight excluding hydrogens is 215 g/mol. The van der Waals surface area contributed by atoms with Crippen molar-refractivity contribution in [2.75, 3.05) is 0 Å². The van der Waals surface area contributed by atoms with Crippen LogP contribution in [-0.2, 0) is 0 Å². The Kier molecular flexibility index (Phi) is 3.20. The van der Waals surface area contributed by atoms with Gasteiger partial charge in [-0.25, -0.2) is 4.39 Å². The zero-order valence-corrected chi connectivity index (χ0v) is 9.94. The van der Waals surface area contributed by atoms with Crippen LogP contribution in [0.15, 0.2) is 36.5 Å². The van der Waals surface area contributed by atoms with Gasteiger partial charge in [0.05, 0.1) is 11.7 Å². The van der Waals surface area contributed by atoms with Crippen LogP contribution in [0.2, 0.25) is 0 Å². The van der Waals surface area contributed by atoms with Crippen LogP contribution in [0.1, 0.15) is 28.4 Å². The van der Waals surface area contributed by atoms with Gasteiger partial charge in [0.25, 0.3) is 0 Å². The number of rotatable bonds is 2. The van der Waals surface area contributed by atoms with Gasteiger partial charge in [0.2, 0.25) is 0 Å². The highest BCUT2D eigenvalue weighted by Gasteiger charge is 2.16. The fourth-order valence-corrected chi connectivity index (χ4v) is 1.87. The van der Waals surface area contributed by atoms with Gasteiger partial charge in [-0.2, -0.15) is 0 Å². The third-order valence-electron chi connectivity index (χ3n) is 2.83. The molecule has 0 spiro atoms. The lowest BCUT2D eigenvalue weighted by Gasteiger charge is -2.15. The maximum absolute atomic E-state index is 13.7. The number of nitrogens with two attached hydrogens (primary N) is 1. The topological polar surface area (TPSA) is 38.9 Å². The molecule has 0 saturated carbocycles. The fourth-order valence-electron chi connectivity index (χ4n) is 1.87. The molecular formula is C14H15FN2. The number of hydrogen-bond acceptors (Lipinski definition) is 2. The molecule has 0 radical (unpaired) electrons. The first kappa shape index (κ1) is 11.7. The zero-order valence-electron chi connectivity index (χ0n) is 9.94. The van der Waals surface area contributed by atoms with Gasteiger partial charge in [0.1, 0.15) is 5.82 Å². The molecule has 1 heterocycles. The Morgan fingerprint density at radius 1 is 1.24 bits per heavy atom. The van der Waals surface area contributed by atoms with Crippen LogP contribution in [0.4, 0.5) is 4.39 Å². The van der Waals surface area contributed by atoms with Gasteiger partial charge in [-0.05, 0) is 31.5 Å². The highest BCUT2D eigenvalue weighted by molar-refractivity contribution is 5.34. The van der Waals surface area contributed by atoms with Crippen LogP contribution in [0.3, 0.4) is 0 Å². The summed E-state index contributed by atoms with van der Waals surface area (Å²) < 4.78 is 13.7. The number of halogens is 1.